The highest BCUT2D eigenvalue weighted by molar-refractivity contribution is 6.84. The van der Waals surface area contributed by atoms with E-state index in [2.05, 4.69) is 85.3 Å². The van der Waals surface area contributed by atoms with Gasteiger partial charge in [-0.25, -0.2) is 0 Å². The van der Waals surface area contributed by atoms with Crippen LogP contribution in [0.5, 0.6) is 0 Å². The minimum atomic E-state index is -0.353. The van der Waals surface area contributed by atoms with Gasteiger partial charge < -0.3 is 4.81 Å². The fourth-order valence-electron chi connectivity index (χ4n) is 4.76. The fourth-order valence-corrected chi connectivity index (χ4v) is 4.76. The van der Waals surface area contributed by atoms with E-state index in [1.165, 1.54) is 38.6 Å². The Labute approximate surface area is 188 Å². The van der Waals surface area contributed by atoms with Gasteiger partial charge in [0.25, 0.3) is 5.69 Å². The first-order valence-corrected chi connectivity index (χ1v) is 10.8. The molecule has 1 heterocycles. The Morgan fingerprint density at radius 1 is 0.875 bits per heavy atom. The first-order valence-electron chi connectivity index (χ1n) is 10.8. The van der Waals surface area contributed by atoms with Crippen LogP contribution in [0.3, 0.4) is 0 Å². The van der Waals surface area contributed by atoms with Crippen molar-refractivity contribution in [2.45, 2.75) is 20.4 Å². The third-order valence-corrected chi connectivity index (χ3v) is 6.37. The molecule has 0 saturated carbocycles. The number of rotatable bonds is 4. The number of aryl methyl sites for hydroxylation is 1. The van der Waals surface area contributed by atoms with Gasteiger partial charge in [0.05, 0.1) is 4.92 Å². The van der Waals surface area contributed by atoms with Gasteiger partial charge in [0, 0.05) is 24.4 Å². The van der Waals surface area contributed by atoms with Crippen molar-refractivity contribution in [2.75, 3.05) is 4.81 Å². The van der Waals surface area contributed by atoms with Crippen LogP contribution in [0.2, 0.25) is 0 Å². The predicted octanol–water partition coefficient (Wildman–Crippen LogP) is 5.92. The quantitative estimate of drug-likeness (QED) is 0.235. The topological polar surface area (TPSA) is 46.4 Å². The summed E-state index contributed by atoms with van der Waals surface area (Å²) in [5.74, 6) is 2.35. The summed E-state index contributed by atoms with van der Waals surface area (Å²) in [5, 5.41) is 13.6. The van der Waals surface area contributed by atoms with Crippen LogP contribution < -0.4 is 10.3 Å². The molecule has 0 N–H and O–H groups in total. The van der Waals surface area contributed by atoms with Gasteiger partial charge in [-0.1, -0.05) is 83.8 Å². The highest BCUT2D eigenvalue weighted by atomic mass is 16.6. The first-order chi connectivity index (χ1) is 15.5. The van der Waals surface area contributed by atoms with Crippen molar-refractivity contribution < 1.29 is 4.92 Å². The zero-order valence-corrected chi connectivity index (χ0v) is 18.2. The molecule has 0 amide bonds. The standard InChI is InChI=1S/C27H23BN2O2/c1-19-11-14-22-7-3-4-9-25(22)27(19)28-17-20(2)24-8-5-6-10-26(24)29(28)18-21-12-15-23(16-13-21)30(31)32/h3-17H,18H2,1-2H3. The van der Waals surface area contributed by atoms with E-state index in [1.807, 2.05) is 12.1 Å². The van der Waals surface area contributed by atoms with Crippen LogP contribution in [0.15, 0.2) is 90.9 Å². The summed E-state index contributed by atoms with van der Waals surface area (Å²) in [6, 6.07) is 28.3. The average Bonchev–Trinajstić information content (AvgIpc) is 2.81. The molecule has 0 fully saturated rings. The number of nitrogens with zero attached hydrogens (tertiary/aromatic N) is 2. The minimum Gasteiger partial charge on any atom is -0.403 e. The largest absolute Gasteiger partial charge is 0.403 e. The zero-order valence-electron chi connectivity index (χ0n) is 18.2. The highest BCUT2D eigenvalue weighted by Gasteiger charge is 2.32. The summed E-state index contributed by atoms with van der Waals surface area (Å²) in [7, 11) is 0. The molecule has 0 saturated heterocycles. The summed E-state index contributed by atoms with van der Waals surface area (Å²) >= 11 is 0. The lowest BCUT2D eigenvalue weighted by atomic mass is 9.49. The van der Waals surface area contributed by atoms with Crippen molar-refractivity contribution in [2.24, 2.45) is 0 Å². The number of benzene rings is 4. The van der Waals surface area contributed by atoms with Crippen molar-refractivity contribution >= 4 is 40.0 Å². The lowest BCUT2D eigenvalue weighted by Crippen LogP contribution is -2.50. The number of para-hydroxylation sites is 1. The monoisotopic (exact) mass is 418 g/mol. The van der Waals surface area contributed by atoms with Gasteiger partial charge in [-0.3, -0.25) is 10.1 Å². The Hall–Kier alpha value is -3.86. The summed E-state index contributed by atoms with van der Waals surface area (Å²) in [4.78, 5) is 13.2. The van der Waals surface area contributed by atoms with Crippen molar-refractivity contribution in [1.82, 2.24) is 0 Å². The van der Waals surface area contributed by atoms with E-state index in [0.29, 0.717) is 6.54 Å². The van der Waals surface area contributed by atoms with Crippen molar-refractivity contribution in [3.63, 3.8) is 0 Å². The maximum atomic E-state index is 11.1. The molecule has 0 atom stereocenters. The van der Waals surface area contributed by atoms with Gasteiger partial charge in [0.15, 0.2) is 0 Å². The number of nitro benzene ring substituents is 1. The molecule has 4 nitrogen and oxygen atoms in total. The van der Waals surface area contributed by atoms with Gasteiger partial charge in [-0.2, -0.15) is 0 Å². The van der Waals surface area contributed by atoms with Crippen LogP contribution >= 0.6 is 0 Å². The average molecular weight is 418 g/mol. The molecule has 1 aliphatic heterocycles. The van der Waals surface area contributed by atoms with E-state index >= 15 is 0 Å². The number of hydrogen-bond acceptors (Lipinski definition) is 3. The Bertz CT molecular complexity index is 1360. The van der Waals surface area contributed by atoms with E-state index < -0.39 is 0 Å². The normalized spacial score (nSPS) is 13.1. The molecule has 5 rings (SSSR count). The first kappa shape index (κ1) is 20.1. The van der Waals surface area contributed by atoms with Crippen LogP contribution in [0.25, 0.3) is 16.3 Å². The summed E-state index contributed by atoms with van der Waals surface area (Å²) in [5.41, 5.74) is 7.39. The number of hydrogen-bond donors (Lipinski definition) is 0. The fraction of sp³-hybridized carbons (Fsp3) is 0.111. The van der Waals surface area contributed by atoms with E-state index in [0.717, 1.165) is 5.56 Å². The van der Waals surface area contributed by atoms with Gasteiger partial charge in [-0.15, -0.1) is 0 Å². The van der Waals surface area contributed by atoms with Crippen LogP contribution in [-0.2, 0) is 6.54 Å². The van der Waals surface area contributed by atoms with Gasteiger partial charge in [0.2, 0.25) is 0 Å². The van der Waals surface area contributed by atoms with Gasteiger partial charge in [-0.05, 0) is 47.3 Å². The number of non-ortho nitro benzene ring substituents is 1. The number of nitro groups is 1. The molecule has 5 heteroatoms. The smallest absolute Gasteiger partial charge is 0.317 e. The van der Waals surface area contributed by atoms with Crippen LogP contribution in [-0.4, -0.2) is 11.8 Å². The summed E-state index contributed by atoms with van der Waals surface area (Å²) < 4.78 is 0. The Morgan fingerprint density at radius 3 is 2.38 bits per heavy atom. The van der Waals surface area contributed by atoms with Crippen LogP contribution in [0.1, 0.15) is 23.6 Å². The van der Waals surface area contributed by atoms with E-state index in [-0.39, 0.29) is 17.5 Å². The zero-order chi connectivity index (χ0) is 22.2. The maximum Gasteiger partial charge on any atom is 0.317 e. The molecule has 0 bridgehead atoms. The van der Waals surface area contributed by atoms with Crippen LogP contribution in [0, 0.1) is 17.0 Å². The van der Waals surface area contributed by atoms with Crippen molar-refractivity contribution in [1.29, 1.82) is 0 Å². The van der Waals surface area contributed by atoms with E-state index in [4.69, 9.17) is 0 Å². The molecule has 4 aromatic carbocycles. The second-order valence-electron chi connectivity index (χ2n) is 8.38. The lowest BCUT2D eigenvalue weighted by molar-refractivity contribution is -0.384. The highest BCUT2D eigenvalue weighted by Crippen LogP contribution is 2.34. The Morgan fingerprint density at radius 2 is 1.59 bits per heavy atom. The number of anilines is 1. The van der Waals surface area contributed by atoms with Gasteiger partial charge >= 0.3 is 6.85 Å². The van der Waals surface area contributed by atoms with Crippen molar-refractivity contribution in [3.05, 3.63) is 118 Å². The Kier molecular flexibility index (Phi) is 5.02. The third-order valence-electron chi connectivity index (χ3n) is 6.37. The summed E-state index contributed by atoms with van der Waals surface area (Å²) in [6.45, 7) is 5.07. The molecule has 32 heavy (non-hydrogen) atoms. The molecule has 4 aromatic rings. The molecule has 156 valence electrons. The number of fused-ring (bicyclic) bond motifs is 2. The minimum absolute atomic E-state index is 0.0613. The molecular formula is C27H23BN2O2. The molecule has 0 aliphatic carbocycles. The lowest BCUT2D eigenvalue weighted by Gasteiger charge is -2.37. The van der Waals surface area contributed by atoms with Crippen LogP contribution in [0.4, 0.5) is 11.4 Å². The molecule has 0 aromatic heterocycles. The second kappa shape index (κ2) is 8.01. The predicted molar refractivity (Wildman–Crippen MR) is 133 cm³/mol. The summed E-state index contributed by atoms with van der Waals surface area (Å²) in [6.07, 6.45) is 0. The van der Waals surface area contributed by atoms with E-state index in [9.17, 15) is 10.1 Å². The molecule has 0 unspecified atom stereocenters. The molecule has 0 spiro atoms. The molecular weight excluding hydrogens is 395 g/mol. The van der Waals surface area contributed by atoms with Crippen molar-refractivity contribution in [3.8, 4) is 0 Å². The van der Waals surface area contributed by atoms with E-state index in [1.54, 1.807) is 12.1 Å². The Balaban J connectivity index is 1.66. The van der Waals surface area contributed by atoms with Gasteiger partial charge in [0.1, 0.15) is 0 Å². The molecule has 1 aliphatic rings. The molecule has 0 radical (unpaired) electrons. The third kappa shape index (κ3) is 3.46. The maximum absolute atomic E-state index is 11.1. The number of allylic oxidation sites excluding steroid dienone is 1. The SMILES string of the molecule is CC1=CB(c2c(C)ccc3ccccc23)N(Cc2ccc([N+](=O)[O-])cc2)c2ccccc21. The second-order valence-corrected chi connectivity index (χ2v) is 8.38.